The lowest BCUT2D eigenvalue weighted by molar-refractivity contribution is -0.121. The van der Waals surface area contributed by atoms with Crippen molar-refractivity contribution in [1.29, 1.82) is 0 Å². The molecule has 23 heavy (non-hydrogen) atoms. The smallest absolute Gasteiger partial charge is 0.220 e. The summed E-state index contributed by atoms with van der Waals surface area (Å²) in [5.74, 6) is 0.0775. The standard InChI is InChI=1S/C18H18BrN3O/c19-15-5-3-4-14(12-15)7-8-18(23)20-10-9-16-13-22-11-2-1-6-17(22)21-16/h1-6,11-13H,7-10H2,(H,20,23). The van der Waals surface area contributed by atoms with Gasteiger partial charge < -0.3 is 9.72 Å². The van der Waals surface area contributed by atoms with Crippen molar-refractivity contribution >= 4 is 27.5 Å². The van der Waals surface area contributed by atoms with Crippen LogP contribution in [0.15, 0.2) is 59.3 Å². The summed E-state index contributed by atoms with van der Waals surface area (Å²) in [5.41, 5.74) is 3.09. The number of fused-ring (bicyclic) bond motifs is 1. The quantitative estimate of drug-likeness (QED) is 0.721. The van der Waals surface area contributed by atoms with Crippen molar-refractivity contribution in [3.8, 4) is 0 Å². The maximum atomic E-state index is 11.9. The lowest BCUT2D eigenvalue weighted by atomic mass is 10.1. The molecule has 1 amide bonds. The summed E-state index contributed by atoms with van der Waals surface area (Å²) in [6, 6.07) is 14.0. The zero-order valence-electron chi connectivity index (χ0n) is 12.7. The van der Waals surface area contributed by atoms with E-state index in [4.69, 9.17) is 0 Å². The summed E-state index contributed by atoms with van der Waals surface area (Å²) in [5, 5.41) is 2.96. The van der Waals surface area contributed by atoms with Gasteiger partial charge >= 0.3 is 0 Å². The van der Waals surface area contributed by atoms with E-state index >= 15 is 0 Å². The first-order valence-electron chi connectivity index (χ1n) is 7.64. The summed E-state index contributed by atoms with van der Waals surface area (Å²) >= 11 is 3.44. The summed E-state index contributed by atoms with van der Waals surface area (Å²) in [6.07, 6.45) is 5.97. The molecule has 2 aromatic heterocycles. The summed E-state index contributed by atoms with van der Waals surface area (Å²) in [7, 11) is 0. The fourth-order valence-corrected chi connectivity index (χ4v) is 2.92. The van der Waals surface area contributed by atoms with Gasteiger partial charge in [-0.25, -0.2) is 4.98 Å². The number of aromatic nitrogens is 2. The van der Waals surface area contributed by atoms with Gasteiger partial charge in [-0.1, -0.05) is 34.1 Å². The van der Waals surface area contributed by atoms with Crippen molar-refractivity contribution in [1.82, 2.24) is 14.7 Å². The van der Waals surface area contributed by atoms with Crippen LogP contribution in [-0.4, -0.2) is 21.8 Å². The van der Waals surface area contributed by atoms with Gasteiger partial charge in [0.2, 0.25) is 5.91 Å². The monoisotopic (exact) mass is 371 g/mol. The minimum Gasteiger partial charge on any atom is -0.356 e. The SMILES string of the molecule is O=C(CCc1cccc(Br)c1)NCCc1cn2ccccc2n1. The first-order valence-corrected chi connectivity index (χ1v) is 8.44. The molecular formula is C18H18BrN3O. The minimum atomic E-state index is 0.0775. The number of nitrogens with one attached hydrogen (secondary N) is 1. The number of hydrogen-bond acceptors (Lipinski definition) is 2. The molecule has 0 radical (unpaired) electrons. The van der Waals surface area contributed by atoms with E-state index in [-0.39, 0.29) is 5.91 Å². The van der Waals surface area contributed by atoms with Crippen LogP contribution in [0.2, 0.25) is 0 Å². The van der Waals surface area contributed by atoms with Crippen molar-refractivity contribution in [3.63, 3.8) is 0 Å². The van der Waals surface area contributed by atoms with Crippen LogP contribution in [-0.2, 0) is 17.6 Å². The fourth-order valence-electron chi connectivity index (χ4n) is 2.48. The number of hydrogen-bond donors (Lipinski definition) is 1. The minimum absolute atomic E-state index is 0.0775. The second-order valence-corrected chi connectivity index (χ2v) is 6.34. The van der Waals surface area contributed by atoms with Gasteiger partial charge in [-0.15, -0.1) is 0 Å². The predicted molar refractivity (Wildman–Crippen MR) is 94.4 cm³/mol. The summed E-state index contributed by atoms with van der Waals surface area (Å²) in [6.45, 7) is 0.612. The molecule has 1 aromatic carbocycles. The average Bonchev–Trinajstić information content (AvgIpc) is 2.96. The Labute approximate surface area is 143 Å². The van der Waals surface area contributed by atoms with E-state index in [1.165, 1.54) is 0 Å². The highest BCUT2D eigenvalue weighted by Gasteiger charge is 2.04. The maximum Gasteiger partial charge on any atom is 0.220 e. The van der Waals surface area contributed by atoms with Crippen LogP contribution in [0, 0.1) is 0 Å². The Kier molecular flexibility index (Phi) is 5.08. The van der Waals surface area contributed by atoms with Crippen LogP contribution in [0.4, 0.5) is 0 Å². The Bertz CT molecular complexity index is 780. The Morgan fingerprint density at radius 1 is 1.17 bits per heavy atom. The van der Waals surface area contributed by atoms with Gasteiger partial charge in [0.25, 0.3) is 0 Å². The topological polar surface area (TPSA) is 46.4 Å². The molecule has 0 unspecified atom stereocenters. The first kappa shape index (κ1) is 15.7. The molecule has 0 aliphatic carbocycles. The number of carbonyl (C=O) groups excluding carboxylic acids is 1. The van der Waals surface area contributed by atoms with Crippen LogP contribution < -0.4 is 5.32 Å². The second-order valence-electron chi connectivity index (χ2n) is 5.43. The highest BCUT2D eigenvalue weighted by atomic mass is 79.9. The van der Waals surface area contributed by atoms with Crippen molar-refractivity contribution in [2.45, 2.75) is 19.3 Å². The molecule has 0 saturated carbocycles. The number of imidazole rings is 1. The lowest BCUT2D eigenvalue weighted by Gasteiger charge is -2.04. The van der Waals surface area contributed by atoms with Gasteiger partial charge in [0.05, 0.1) is 5.69 Å². The number of nitrogens with zero attached hydrogens (tertiary/aromatic N) is 2. The molecule has 0 bridgehead atoms. The molecule has 0 fully saturated rings. The van der Waals surface area contributed by atoms with Crippen LogP contribution in [0.3, 0.4) is 0 Å². The number of amides is 1. The zero-order chi connectivity index (χ0) is 16.1. The average molecular weight is 372 g/mol. The Morgan fingerprint density at radius 2 is 2.09 bits per heavy atom. The first-order chi connectivity index (χ1) is 11.2. The molecule has 2 heterocycles. The molecule has 0 atom stereocenters. The van der Waals surface area contributed by atoms with Gasteiger partial charge in [-0.2, -0.15) is 0 Å². The number of rotatable bonds is 6. The third kappa shape index (κ3) is 4.42. The van der Waals surface area contributed by atoms with E-state index in [0.717, 1.165) is 34.2 Å². The number of carbonyl (C=O) groups is 1. The molecule has 5 heteroatoms. The molecule has 118 valence electrons. The molecule has 3 aromatic rings. The third-order valence-corrected chi connectivity index (χ3v) is 4.14. The van der Waals surface area contributed by atoms with Gasteiger partial charge in [-0.05, 0) is 36.2 Å². The highest BCUT2D eigenvalue weighted by molar-refractivity contribution is 9.10. The highest BCUT2D eigenvalue weighted by Crippen LogP contribution is 2.13. The van der Waals surface area contributed by atoms with E-state index in [1.807, 2.05) is 59.3 Å². The summed E-state index contributed by atoms with van der Waals surface area (Å²) in [4.78, 5) is 16.4. The van der Waals surface area contributed by atoms with E-state index in [0.29, 0.717) is 13.0 Å². The van der Waals surface area contributed by atoms with E-state index < -0.39 is 0 Å². The Balaban J connectivity index is 1.44. The molecule has 0 aliphatic rings. The van der Waals surface area contributed by atoms with Crippen molar-refractivity contribution < 1.29 is 4.79 Å². The van der Waals surface area contributed by atoms with Gasteiger partial charge in [0, 0.05) is 36.3 Å². The van der Waals surface area contributed by atoms with Crippen LogP contribution in [0.5, 0.6) is 0 Å². The molecule has 0 saturated heterocycles. The third-order valence-electron chi connectivity index (χ3n) is 3.65. The van der Waals surface area contributed by atoms with Gasteiger partial charge in [0.1, 0.15) is 5.65 Å². The van der Waals surface area contributed by atoms with Crippen molar-refractivity contribution in [2.24, 2.45) is 0 Å². The normalized spacial score (nSPS) is 10.8. The maximum absolute atomic E-state index is 11.9. The van der Waals surface area contributed by atoms with Crippen LogP contribution in [0.25, 0.3) is 5.65 Å². The number of benzene rings is 1. The van der Waals surface area contributed by atoms with Crippen molar-refractivity contribution in [3.05, 3.63) is 70.6 Å². The zero-order valence-corrected chi connectivity index (χ0v) is 14.3. The van der Waals surface area contributed by atoms with E-state index in [1.54, 1.807) is 0 Å². The van der Waals surface area contributed by atoms with Gasteiger partial charge in [0.15, 0.2) is 0 Å². The Hall–Kier alpha value is -2.14. The molecule has 0 aliphatic heterocycles. The fraction of sp³-hybridized carbons (Fsp3) is 0.222. The second kappa shape index (κ2) is 7.42. The lowest BCUT2D eigenvalue weighted by Crippen LogP contribution is -2.25. The molecule has 3 rings (SSSR count). The number of pyridine rings is 1. The van der Waals surface area contributed by atoms with Gasteiger partial charge in [-0.3, -0.25) is 4.79 Å². The number of aryl methyl sites for hydroxylation is 1. The van der Waals surface area contributed by atoms with E-state index in [2.05, 4.69) is 26.2 Å². The van der Waals surface area contributed by atoms with E-state index in [9.17, 15) is 4.79 Å². The molecule has 4 nitrogen and oxygen atoms in total. The summed E-state index contributed by atoms with van der Waals surface area (Å²) < 4.78 is 3.03. The van der Waals surface area contributed by atoms with Crippen LogP contribution >= 0.6 is 15.9 Å². The largest absolute Gasteiger partial charge is 0.356 e. The van der Waals surface area contributed by atoms with Crippen LogP contribution in [0.1, 0.15) is 17.7 Å². The van der Waals surface area contributed by atoms with Crippen molar-refractivity contribution in [2.75, 3.05) is 6.54 Å². The Morgan fingerprint density at radius 3 is 2.91 bits per heavy atom. The molecule has 1 N–H and O–H groups in total. The number of halogens is 1. The predicted octanol–water partition coefficient (Wildman–Crippen LogP) is 3.39. The molecular weight excluding hydrogens is 354 g/mol. The molecule has 0 spiro atoms.